The summed E-state index contributed by atoms with van der Waals surface area (Å²) in [5.41, 5.74) is 3.66. The summed E-state index contributed by atoms with van der Waals surface area (Å²) in [5.74, 6) is -3.07. The molecule has 2 atom stereocenters. The van der Waals surface area contributed by atoms with E-state index in [1.165, 1.54) is 0 Å². The highest BCUT2D eigenvalue weighted by atomic mass is 35.5. The predicted molar refractivity (Wildman–Crippen MR) is 131 cm³/mol. The molecule has 4 aromatic rings. The highest BCUT2D eigenvalue weighted by Gasteiger charge is 2.29. The molecule has 2 aromatic carbocycles. The van der Waals surface area contributed by atoms with E-state index in [0.29, 0.717) is 15.7 Å². The summed E-state index contributed by atoms with van der Waals surface area (Å²) in [4.78, 5) is 24.9. The summed E-state index contributed by atoms with van der Waals surface area (Å²) in [6.07, 6.45) is -0.724. The molecular formula is C26H22Cl2F3N3O3. The number of carboxylic acid groups (broad SMARTS) is 1. The number of fused-ring (bicyclic) bond motifs is 1. The molecule has 0 unspecified atom stereocenters. The zero-order valence-electron chi connectivity index (χ0n) is 19.4. The average molecular weight is 552 g/mol. The van der Waals surface area contributed by atoms with E-state index in [9.17, 15) is 18.0 Å². The highest BCUT2D eigenvalue weighted by Crippen LogP contribution is 2.27. The number of hydrogen-bond donors (Lipinski definition) is 2. The van der Waals surface area contributed by atoms with Crippen molar-refractivity contribution in [3.05, 3.63) is 106 Å². The number of H-pyrrole nitrogens is 1. The number of halogens is 5. The number of nitrogens with one attached hydrogen (secondary N) is 2. The molecule has 2 heterocycles. The van der Waals surface area contributed by atoms with Gasteiger partial charge in [0.15, 0.2) is 0 Å². The quantitative estimate of drug-likeness (QED) is 0.346. The Kier molecular flexibility index (Phi) is 9.18. The van der Waals surface area contributed by atoms with Crippen molar-refractivity contribution in [3.63, 3.8) is 0 Å². The van der Waals surface area contributed by atoms with E-state index in [1.807, 2.05) is 84.3 Å². The lowest BCUT2D eigenvalue weighted by atomic mass is 9.86. The standard InChI is InChI=1S/C24H21Cl2N3O.C2HF3O2/c1-16(27-24(30)22-15-29-13-3-2-4-23(29)28-22)21(18-7-11-20(26)12-8-18)14-17-5-9-19(25)10-6-17;3-2(4,5)1(6)7/h2-13,15-16,21H,14H2,1H3,(H,27,30);(H,6,7)/t16-,21+;/m1./s1. The zero-order valence-corrected chi connectivity index (χ0v) is 20.9. The summed E-state index contributed by atoms with van der Waals surface area (Å²) in [5, 5.41) is 13.3. The second kappa shape index (κ2) is 12.1. The van der Waals surface area contributed by atoms with Crippen LogP contribution in [0.2, 0.25) is 10.0 Å². The lowest BCUT2D eigenvalue weighted by molar-refractivity contribution is -0.510. The van der Waals surface area contributed by atoms with Crippen LogP contribution in [0.25, 0.3) is 5.65 Å². The van der Waals surface area contributed by atoms with E-state index in [-0.39, 0.29) is 17.9 Å². The maximum Gasteiger partial charge on any atom is 0.430 e. The van der Waals surface area contributed by atoms with Crippen molar-refractivity contribution in [2.45, 2.75) is 31.5 Å². The van der Waals surface area contributed by atoms with Crippen molar-refractivity contribution in [1.82, 2.24) is 10.3 Å². The van der Waals surface area contributed by atoms with Crippen molar-refractivity contribution in [2.75, 3.05) is 0 Å². The maximum absolute atomic E-state index is 12.9. The fraction of sp³-hybridized carbons (Fsp3) is 0.192. The SMILES string of the molecule is C[C@@H](NC(=O)c1c[n+]2ccccc2[nH]1)[C@H](Cc1ccc(Cl)cc1)c1ccc(Cl)cc1.O=C([O-])C(F)(F)F. The molecule has 0 radical (unpaired) electrons. The van der Waals surface area contributed by atoms with Crippen LogP contribution in [-0.2, 0) is 11.2 Å². The van der Waals surface area contributed by atoms with E-state index in [4.69, 9.17) is 33.1 Å². The van der Waals surface area contributed by atoms with Crippen LogP contribution in [0.5, 0.6) is 0 Å². The Bertz CT molecular complexity index is 1320. The van der Waals surface area contributed by atoms with E-state index < -0.39 is 12.1 Å². The molecule has 1 amide bonds. The van der Waals surface area contributed by atoms with Crippen molar-refractivity contribution in [1.29, 1.82) is 0 Å². The van der Waals surface area contributed by atoms with Gasteiger partial charge in [-0.25, -0.2) is 9.38 Å². The van der Waals surface area contributed by atoms with Crippen LogP contribution < -0.4 is 14.8 Å². The van der Waals surface area contributed by atoms with E-state index >= 15 is 0 Å². The van der Waals surface area contributed by atoms with Crippen molar-refractivity contribution in [3.8, 4) is 0 Å². The lowest BCUT2D eigenvalue weighted by Crippen LogP contribution is -2.38. The summed E-state index contributed by atoms with van der Waals surface area (Å²) in [6.45, 7) is 2.03. The normalized spacial score (nSPS) is 12.8. The second-order valence-electron chi connectivity index (χ2n) is 8.20. The van der Waals surface area contributed by atoms with Gasteiger partial charge in [0.05, 0.1) is 6.20 Å². The molecule has 0 aliphatic carbocycles. The molecule has 0 aliphatic rings. The first-order chi connectivity index (χ1) is 17.4. The van der Waals surface area contributed by atoms with Crippen LogP contribution in [-0.4, -0.2) is 29.1 Å². The minimum Gasteiger partial charge on any atom is -0.542 e. The van der Waals surface area contributed by atoms with Crippen LogP contribution in [0.4, 0.5) is 13.2 Å². The minimum absolute atomic E-state index is 0.0735. The zero-order chi connectivity index (χ0) is 27.2. The van der Waals surface area contributed by atoms with Gasteiger partial charge in [-0.1, -0.05) is 53.5 Å². The van der Waals surface area contributed by atoms with Gasteiger partial charge in [0.1, 0.15) is 12.2 Å². The lowest BCUT2D eigenvalue weighted by Gasteiger charge is -2.25. The first-order valence-corrected chi connectivity index (χ1v) is 11.8. The molecule has 2 aromatic heterocycles. The van der Waals surface area contributed by atoms with Crippen LogP contribution in [0, 0.1) is 0 Å². The summed E-state index contributed by atoms with van der Waals surface area (Å²) in [6, 6.07) is 21.3. The molecule has 11 heteroatoms. The van der Waals surface area contributed by atoms with Gasteiger partial charge in [-0.15, -0.1) is 0 Å². The number of carbonyl (C=O) groups excluding carboxylic acids is 2. The Morgan fingerprint density at radius 3 is 2.11 bits per heavy atom. The number of imidazole rings is 1. The number of aromatic nitrogens is 2. The van der Waals surface area contributed by atoms with Gasteiger partial charge >= 0.3 is 6.18 Å². The number of pyridine rings is 1. The Hall–Kier alpha value is -3.56. The Labute approximate surface area is 220 Å². The smallest absolute Gasteiger partial charge is 0.430 e. The largest absolute Gasteiger partial charge is 0.542 e. The fourth-order valence-corrected chi connectivity index (χ4v) is 3.90. The third-order valence-corrected chi connectivity index (χ3v) is 6.03. The number of carbonyl (C=O) groups is 2. The van der Waals surface area contributed by atoms with Crippen LogP contribution in [0.1, 0.15) is 34.5 Å². The van der Waals surface area contributed by atoms with Gasteiger partial charge < -0.3 is 15.2 Å². The number of rotatable bonds is 6. The van der Waals surface area contributed by atoms with Crippen molar-refractivity contribution in [2.24, 2.45) is 0 Å². The van der Waals surface area contributed by atoms with Gasteiger partial charge in [0.25, 0.3) is 11.6 Å². The summed E-state index contributed by atoms with van der Waals surface area (Å²) < 4.78 is 33.4. The second-order valence-corrected chi connectivity index (χ2v) is 9.07. The molecule has 6 nitrogen and oxygen atoms in total. The van der Waals surface area contributed by atoms with Crippen molar-refractivity contribution < 1.29 is 32.3 Å². The third kappa shape index (κ3) is 7.96. The number of amides is 1. The molecule has 0 bridgehead atoms. The molecule has 0 aliphatic heterocycles. The number of benzene rings is 2. The summed E-state index contributed by atoms with van der Waals surface area (Å²) in [7, 11) is 0. The van der Waals surface area contributed by atoms with E-state index in [0.717, 1.165) is 23.2 Å². The van der Waals surface area contributed by atoms with Gasteiger partial charge in [-0.3, -0.25) is 4.79 Å². The van der Waals surface area contributed by atoms with Crippen LogP contribution in [0.3, 0.4) is 0 Å². The third-order valence-electron chi connectivity index (χ3n) is 5.53. The first-order valence-electron chi connectivity index (χ1n) is 11.0. The number of hydrogen-bond acceptors (Lipinski definition) is 3. The topological polar surface area (TPSA) is 89.1 Å². The highest BCUT2D eigenvalue weighted by molar-refractivity contribution is 6.30. The predicted octanol–water partition coefficient (Wildman–Crippen LogP) is 4.50. The van der Waals surface area contributed by atoms with Gasteiger partial charge in [-0.2, -0.15) is 13.2 Å². The molecular weight excluding hydrogens is 530 g/mol. The fourth-order valence-electron chi connectivity index (χ4n) is 3.65. The Morgan fingerprint density at radius 2 is 1.57 bits per heavy atom. The molecule has 194 valence electrons. The monoisotopic (exact) mass is 551 g/mol. The molecule has 2 N–H and O–H groups in total. The maximum atomic E-state index is 12.9. The van der Waals surface area contributed by atoms with Gasteiger partial charge in [0.2, 0.25) is 5.69 Å². The Morgan fingerprint density at radius 1 is 1.00 bits per heavy atom. The number of aliphatic carboxylic acids is 1. The van der Waals surface area contributed by atoms with E-state index in [1.54, 1.807) is 6.20 Å². The molecule has 0 spiro atoms. The van der Waals surface area contributed by atoms with Gasteiger partial charge in [0, 0.05) is 28.1 Å². The average Bonchev–Trinajstić information content (AvgIpc) is 3.29. The molecule has 4 rings (SSSR count). The number of alkyl halides is 3. The summed E-state index contributed by atoms with van der Waals surface area (Å²) >= 11 is 12.1. The number of carboxylic acids is 1. The van der Waals surface area contributed by atoms with E-state index in [2.05, 4.69) is 10.3 Å². The molecule has 37 heavy (non-hydrogen) atoms. The molecule has 0 saturated heterocycles. The van der Waals surface area contributed by atoms with Crippen LogP contribution in [0.15, 0.2) is 79.1 Å². The van der Waals surface area contributed by atoms with Crippen LogP contribution >= 0.6 is 23.2 Å². The minimum atomic E-state index is -5.19. The molecule has 0 saturated carbocycles. The van der Waals surface area contributed by atoms with Gasteiger partial charge in [-0.05, 0) is 54.8 Å². The Balaban J connectivity index is 0.000000479. The first kappa shape index (κ1) is 28.0. The van der Waals surface area contributed by atoms with Crippen molar-refractivity contribution >= 4 is 40.7 Å². The molecule has 0 fully saturated rings. The number of aromatic amines is 1. The number of nitrogens with zero attached hydrogens (tertiary/aromatic N) is 1.